The summed E-state index contributed by atoms with van der Waals surface area (Å²) in [5.74, 6) is -0.574. The topological polar surface area (TPSA) is 122 Å². The molecule has 0 aromatic heterocycles. The molecule has 1 unspecified atom stereocenters. The Bertz CT molecular complexity index is 753. The number of rotatable bonds is 8. The van der Waals surface area contributed by atoms with Crippen LogP contribution in [-0.4, -0.2) is 50.2 Å². The van der Waals surface area contributed by atoms with Crippen LogP contribution in [0.15, 0.2) is 29.2 Å². The van der Waals surface area contributed by atoms with Crippen LogP contribution < -0.4 is 16.4 Å². The lowest BCUT2D eigenvalue weighted by molar-refractivity contribution is -0.123. The van der Waals surface area contributed by atoms with Gasteiger partial charge in [0.1, 0.15) is 0 Å². The Hall–Kier alpha value is -1.68. The van der Waals surface area contributed by atoms with E-state index in [0.717, 1.165) is 4.31 Å². The highest BCUT2D eigenvalue weighted by molar-refractivity contribution is 7.89. The van der Waals surface area contributed by atoms with Crippen molar-refractivity contribution in [3.8, 4) is 0 Å². The number of amides is 2. The molecular weight excluding hydrogens is 392 g/mol. The molecule has 154 valence electrons. The number of nitrogens with one attached hydrogen (secondary N) is 2. The maximum Gasteiger partial charge on any atom is 0.243 e. The molecule has 0 saturated heterocycles. The number of hydrogen-bond donors (Lipinski definition) is 3. The van der Waals surface area contributed by atoms with E-state index >= 15 is 0 Å². The third kappa shape index (κ3) is 6.76. The largest absolute Gasteiger partial charge is 0.348 e. The molecule has 0 heterocycles. The second-order valence-corrected chi connectivity index (χ2v) is 8.84. The standard InChI is InChI=1S/C17H28N4O4S.ClH/c1-12(2)17(4,11-18)20-16(23)10-21(5)26(24,25)15-8-6-14(7-9-15)19-13(3)22;/h6-9,12H,10-11,18H2,1-5H3,(H,19,22)(H,20,23);1H. The van der Waals surface area contributed by atoms with Gasteiger partial charge in [0, 0.05) is 26.2 Å². The van der Waals surface area contributed by atoms with E-state index in [1.165, 1.54) is 38.2 Å². The summed E-state index contributed by atoms with van der Waals surface area (Å²) in [7, 11) is -2.49. The normalized spacial score (nSPS) is 13.6. The minimum absolute atomic E-state index is 0. The van der Waals surface area contributed by atoms with Crippen LogP contribution in [0.2, 0.25) is 0 Å². The molecule has 4 N–H and O–H groups in total. The van der Waals surface area contributed by atoms with Crippen LogP contribution in [0.3, 0.4) is 0 Å². The Morgan fingerprint density at radius 1 is 1.22 bits per heavy atom. The van der Waals surface area contributed by atoms with E-state index in [2.05, 4.69) is 10.6 Å². The molecule has 1 atom stereocenters. The van der Waals surface area contributed by atoms with Gasteiger partial charge in [-0.05, 0) is 37.1 Å². The van der Waals surface area contributed by atoms with Crippen molar-refractivity contribution in [1.29, 1.82) is 0 Å². The highest BCUT2D eigenvalue weighted by Gasteiger charge is 2.30. The molecule has 0 bridgehead atoms. The third-order valence-corrected chi connectivity index (χ3v) is 6.19. The smallest absolute Gasteiger partial charge is 0.243 e. The van der Waals surface area contributed by atoms with Gasteiger partial charge >= 0.3 is 0 Å². The molecule has 8 nitrogen and oxygen atoms in total. The molecule has 27 heavy (non-hydrogen) atoms. The first-order valence-corrected chi connectivity index (χ1v) is 9.71. The molecule has 1 aromatic carbocycles. The van der Waals surface area contributed by atoms with E-state index in [-0.39, 0.29) is 42.2 Å². The molecular formula is C17H29ClN4O4S. The maximum absolute atomic E-state index is 12.6. The van der Waals surface area contributed by atoms with Crippen LogP contribution in [-0.2, 0) is 19.6 Å². The van der Waals surface area contributed by atoms with E-state index in [4.69, 9.17) is 5.73 Å². The monoisotopic (exact) mass is 420 g/mol. The first kappa shape index (κ1) is 25.3. The van der Waals surface area contributed by atoms with Crippen LogP contribution in [0.25, 0.3) is 0 Å². The number of carbonyl (C=O) groups is 2. The minimum Gasteiger partial charge on any atom is -0.348 e. The van der Waals surface area contributed by atoms with Gasteiger partial charge in [-0.25, -0.2) is 8.42 Å². The molecule has 2 amide bonds. The molecule has 0 aliphatic carbocycles. The highest BCUT2D eigenvalue weighted by Crippen LogP contribution is 2.18. The second-order valence-electron chi connectivity index (χ2n) is 6.79. The van der Waals surface area contributed by atoms with Crippen molar-refractivity contribution in [3.63, 3.8) is 0 Å². The van der Waals surface area contributed by atoms with Crippen LogP contribution in [0.5, 0.6) is 0 Å². The fourth-order valence-electron chi connectivity index (χ4n) is 2.17. The van der Waals surface area contributed by atoms with Gasteiger partial charge in [-0.1, -0.05) is 13.8 Å². The summed E-state index contributed by atoms with van der Waals surface area (Å²) in [6.07, 6.45) is 0. The Labute approximate surface area is 167 Å². The lowest BCUT2D eigenvalue weighted by atomic mass is 9.88. The van der Waals surface area contributed by atoms with Gasteiger partial charge in [-0.2, -0.15) is 4.31 Å². The fraction of sp³-hybridized carbons (Fsp3) is 0.529. The van der Waals surface area contributed by atoms with Crippen molar-refractivity contribution in [3.05, 3.63) is 24.3 Å². The Morgan fingerprint density at radius 2 is 1.74 bits per heavy atom. The quantitative estimate of drug-likeness (QED) is 0.582. The summed E-state index contributed by atoms with van der Waals surface area (Å²) >= 11 is 0. The van der Waals surface area contributed by atoms with Crippen LogP contribution >= 0.6 is 12.4 Å². The number of likely N-dealkylation sites (N-methyl/N-ethyl adjacent to an activating group) is 1. The van der Waals surface area contributed by atoms with E-state index in [1.807, 2.05) is 20.8 Å². The molecule has 0 aliphatic heterocycles. The number of carbonyl (C=O) groups excluding carboxylic acids is 2. The summed E-state index contributed by atoms with van der Waals surface area (Å²) in [4.78, 5) is 23.3. The Kier molecular flexibility index (Phi) is 9.40. The molecule has 0 radical (unpaired) electrons. The van der Waals surface area contributed by atoms with Crippen molar-refractivity contribution in [2.45, 2.75) is 38.1 Å². The van der Waals surface area contributed by atoms with Crippen molar-refractivity contribution in [2.24, 2.45) is 11.7 Å². The summed E-state index contributed by atoms with van der Waals surface area (Å²) in [6.45, 7) is 6.98. The molecule has 0 spiro atoms. The molecule has 1 aromatic rings. The van der Waals surface area contributed by atoms with Gasteiger partial charge in [-0.15, -0.1) is 12.4 Å². The number of benzene rings is 1. The SMILES string of the molecule is CC(=O)Nc1ccc(S(=O)(=O)N(C)CC(=O)NC(C)(CN)C(C)C)cc1.Cl. The van der Waals surface area contributed by atoms with E-state index in [1.54, 1.807) is 0 Å². The Balaban J connectivity index is 0.00000676. The van der Waals surface area contributed by atoms with Crippen molar-refractivity contribution in [1.82, 2.24) is 9.62 Å². The van der Waals surface area contributed by atoms with Gasteiger partial charge < -0.3 is 16.4 Å². The maximum atomic E-state index is 12.6. The fourth-order valence-corrected chi connectivity index (χ4v) is 3.30. The zero-order valence-corrected chi connectivity index (χ0v) is 17.9. The summed E-state index contributed by atoms with van der Waals surface area (Å²) in [6, 6.07) is 5.75. The predicted molar refractivity (Wildman–Crippen MR) is 108 cm³/mol. The number of nitrogens with zero attached hydrogens (tertiary/aromatic N) is 1. The predicted octanol–water partition coefficient (Wildman–Crippen LogP) is 1.18. The average molecular weight is 421 g/mol. The van der Waals surface area contributed by atoms with Crippen molar-refractivity contribution < 1.29 is 18.0 Å². The van der Waals surface area contributed by atoms with Gasteiger partial charge in [0.25, 0.3) is 0 Å². The summed E-state index contributed by atoms with van der Waals surface area (Å²) < 4.78 is 26.2. The lowest BCUT2D eigenvalue weighted by Crippen LogP contribution is -2.56. The number of halogens is 1. The molecule has 0 aliphatic rings. The number of hydrogen-bond acceptors (Lipinski definition) is 5. The van der Waals surface area contributed by atoms with Gasteiger partial charge in [0.2, 0.25) is 21.8 Å². The number of anilines is 1. The molecule has 1 rings (SSSR count). The summed E-state index contributed by atoms with van der Waals surface area (Å²) in [5, 5.41) is 5.37. The van der Waals surface area contributed by atoms with E-state index in [9.17, 15) is 18.0 Å². The number of sulfonamides is 1. The van der Waals surface area contributed by atoms with Gasteiger partial charge in [0.15, 0.2) is 0 Å². The van der Waals surface area contributed by atoms with Gasteiger partial charge in [0.05, 0.1) is 17.0 Å². The first-order valence-electron chi connectivity index (χ1n) is 8.27. The zero-order chi connectivity index (χ0) is 20.1. The molecule has 0 saturated carbocycles. The van der Waals surface area contributed by atoms with Crippen molar-refractivity contribution in [2.75, 3.05) is 25.5 Å². The molecule has 10 heteroatoms. The van der Waals surface area contributed by atoms with Crippen LogP contribution in [0.1, 0.15) is 27.7 Å². The molecule has 0 fully saturated rings. The Morgan fingerprint density at radius 3 is 2.15 bits per heavy atom. The van der Waals surface area contributed by atoms with Crippen molar-refractivity contribution >= 4 is 39.9 Å². The second kappa shape index (κ2) is 10.0. The average Bonchev–Trinajstić information content (AvgIpc) is 2.54. The van der Waals surface area contributed by atoms with Gasteiger partial charge in [-0.3, -0.25) is 9.59 Å². The highest BCUT2D eigenvalue weighted by atomic mass is 35.5. The van der Waals surface area contributed by atoms with Crippen LogP contribution in [0.4, 0.5) is 5.69 Å². The van der Waals surface area contributed by atoms with Crippen LogP contribution in [0, 0.1) is 5.92 Å². The summed E-state index contributed by atoms with van der Waals surface area (Å²) in [5.41, 5.74) is 5.62. The van der Waals surface area contributed by atoms with E-state index in [0.29, 0.717) is 5.69 Å². The number of nitrogens with two attached hydrogens (primary N) is 1. The minimum atomic E-state index is -3.83. The zero-order valence-electron chi connectivity index (χ0n) is 16.3. The van der Waals surface area contributed by atoms with E-state index < -0.39 is 21.5 Å². The third-order valence-electron chi connectivity index (χ3n) is 4.37. The lowest BCUT2D eigenvalue weighted by Gasteiger charge is -2.34. The first-order chi connectivity index (χ1) is 11.9.